The Bertz CT molecular complexity index is 770. The molecule has 0 saturated carbocycles. The highest BCUT2D eigenvalue weighted by Crippen LogP contribution is 2.17. The molecule has 1 fully saturated rings. The number of likely N-dealkylation sites (tertiary alicyclic amines) is 1. The minimum absolute atomic E-state index is 0.0103. The smallest absolute Gasteiger partial charge is 0.324 e. The number of nitrogens with zero attached hydrogens (tertiary/aromatic N) is 1. The Kier molecular flexibility index (Phi) is 7.82. The summed E-state index contributed by atoms with van der Waals surface area (Å²) in [7, 11) is -2.45. The van der Waals surface area contributed by atoms with Crippen LogP contribution in [0.25, 0.3) is 0 Å². The van der Waals surface area contributed by atoms with Crippen LogP contribution in [-0.2, 0) is 24.3 Å². The number of methoxy groups -OCH3 is 1. The first-order chi connectivity index (χ1) is 13.2. The van der Waals surface area contributed by atoms with Crippen molar-refractivity contribution in [1.29, 1.82) is 0 Å². The highest BCUT2D eigenvalue weighted by Gasteiger charge is 2.30. The second-order valence-corrected chi connectivity index (χ2v) is 8.78. The van der Waals surface area contributed by atoms with Gasteiger partial charge in [-0.25, -0.2) is 8.42 Å². The van der Waals surface area contributed by atoms with Crippen LogP contribution in [0.15, 0.2) is 29.2 Å². The number of piperidine rings is 1. The van der Waals surface area contributed by atoms with Crippen LogP contribution in [0.4, 0.5) is 0 Å². The molecule has 1 aliphatic rings. The molecule has 8 nitrogen and oxygen atoms in total. The third kappa shape index (κ3) is 5.93. The average molecular weight is 413 g/mol. The van der Waals surface area contributed by atoms with E-state index in [1.165, 1.54) is 31.4 Å². The van der Waals surface area contributed by atoms with Gasteiger partial charge in [-0.05, 0) is 49.4 Å². The summed E-state index contributed by atoms with van der Waals surface area (Å²) >= 11 is 0. The lowest BCUT2D eigenvalue weighted by molar-refractivity contribution is -0.154. The Balaban J connectivity index is 2.00. The predicted octanol–water partition coefficient (Wildman–Crippen LogP) is 1.55. The van der Waals surface area contributed by atoms with Crippen molar-refractivity contribution in [3.63, 3.8) is 0 Å². The molecule has 0 aromatic heterocycles. The first-order valence-corrected chi connectivity index (χ1v) is 10.8. The van der Waals surface area contributed by atoms with Gasteiger partial charge in [0.2, 0.25) is 10.0 Å². The van der Waals surface area contributed by atoms with E-state index in [1.54, 1.807) is 18.7 Å². The van der Waals surface area contributed by atoms with Crippen molar-refractivity contribution in [3.05, 3.63) is 24.3 Å². The lowest BCUT2D eigenvalue weighted by Crippen LogP contribution is -2.46. The van der Waals surface area contributed by atoms with E-state index in [4.69, 9.17) is 9.47 Å². The summed E-state index contributed by atoms with van der Waals surface area (Å²) in [6.07, 6.45) is 2.97. The molecule has 0 radical (unpaired) electrons. The van der Waals surface area contributed by atoms with Gasteiger partial charge < -0.3 is 14.4 Å². The quantitative estimate of drug-likeness (QED) is 0.650. The third-order valence-electron chi connectivity index (χ3n) is 4.62. The zero-order valence-electron chi connectivity index (χ0n) is 16.5. The Morgan fingerprint density at radius 2 is 1.71 bits per heavy atom. The number of hydrogen-bond acceptors (Lipinski definition) is 6. The SMILES string of the molecule is COc1ccc(S(=O)(=O)NC(C(=O)OCC(=O)N2CCCCC2)C(C)C)cc1. The van der Waals surface area contributed by atoms with Crippen LogP contribution in [0.1, 0.15) is 33.1 Å². The number of ether oxygens (including phenoxy) is 2. The van der Waals surface area contributed by atoms with E-state index < -0.39 is 22.0 Å². The van der Waals surface area contributed by atoms with Gasteiger partial charge in [-0.15, -0.1) is 0 Å². The maximum Gasteiger partial charge on any atom is 0.324 e. The largest absolute Gasteiger partial charge is 0.497 e. The van der Waals surface area contributed by atoms with Crippen molar-refractivity contribution < 1.29 is 27.5 Å². The van der Waals surface area contributed by atoms with Crippen LogP contribution in [-0.4, -0.2) is 58.0 Å². The lowest BCUT2D eigenvalue weighted by Gasteiger charge is -2.27. The summed E-state index contributed by atoms with van der Waals surface area (Å²) in [6.45, 7) is 4.35. The highest BCUT2D eigenvalue weighted by atomic mass is 32.2. The van der Waals surface area contributed by atoms with E-state index in [-0.39, 0.29) is 23.3 Å². The maximum absolute atomic E-state index is 12.6. The Labute approximate surface area is 166 Å². The number of benzene rings is 1. The Morgan fingerprint density at radius 3 is 2.25 bits per heavy atom. The van der Waals surface area contributed by atoms with Crippen LogP contribution in [0.2, 0.25) is 0 Å². The highest BCUT2D eigenvalue weighted by molar-refractivity contribution is 7.89. The van der Waals surface area contributed by atoms with Gasteiger partial charge in [0.25, 0.3) is 5.91 Å². The normalized spacial score (nSPS) is 15.9. The van der Waals surface area contributed by atoms with Gasteiger partial charge in [-0.1, -0.05) is 13.8 Å². The molecule has 0 aliphatic carbocycles. The van der Waals surface area contributed by atoms with Crippen molar-refractivity contribution >= 4 is 21.9 Å². The summed E-state index contributed by atoms with van der Waals surface area (Å²) in [6, 6.07) is 4.73. The molecular weight excluding hydrogens is 384 g/mol. The first kappa shape index (κ1) is 22.2. The maximum atomic E-state index is 12.6. The Morgan fingerprint density at radius 1 is 1.11 bits per heavy atom. The first-order valence-electron chi connectivity index (χ1n) is 9.35. The molecule has 1 heterocycles. The lowest BCUT2D eigenvalue weighted by atomic mass is 10.1. The third-order valence-corrected chi connectivity index (χ3v) is 6.08. The molecule has 156 valence electrons. The molecule has 28 heavy (non-hydrogen) atoms. The van der Waals surface area contributed by atoms with Gasteiger partial charge in [0.1, 0.15) is 11.8 Å². The minimum atomic E-state index is -3.94. The number of esters is 1. The molecule has 9 heteroatoms. The van der Waals surface area contributed by atoms with Gasteiger partial charge in [0.05, 0.1) is 12.0 Å². The van der Waals surface area contributed by atoms with Crippen LogP contribution in [0.5, 0.6) is 5.75 Å². The van der Waals surface area contributed by atoms with Crippen LogP contribution in [0.3, 0.4) is 0 Å². The molecular formula is C19H28N2O6S. The number of carbonyl (C=O) groups excluding carboxylic acids is 2. The second-order valence-electron chi connectivity index (χ2n) is 7.07. The fourth-order valence-electron chi connectivity index (χ4n) is 2.90. The molecule has 1 amide bonds. The number of amides is 1. The molecule has 1 atom stereocenters. The van der Waals surface area contributed by atoms with Crippen molar-refractivity contribution in [2.24, 2.45) is 5.92 Å². The topological polar surface area (TPSA) is 102 Å². The summed E-state index contributed by atoms with van der Waals surface area (Å²) in [4.78, 5) is 26.3. The number of rotatable bonds is 8. The molecule has 1 aromatic carbocycles. The molecule has 1 saturated heterocycles. The molecule has 1 N–H and O–H groups in total. The average Bonchev–Trinajstić information content (AvgIpc) is 2.70. The summed E-state index contributed by atoms with van der Waals surface area (Å²) in [5.41, 5.74) is 0. The van der Waals surface area contributed by atoms with E-state index in [0.29, 0.717) is 18.8 Å². The number of nitrogens with one attached hydrogen (secondary N) is 1. The van der Waals surface area contributed by atoms with Crippen LogP contribution in [0, 0.1) is 5.92 Å². The number of carbonyl (C=O) groups is 2. The van der Waals surface area contributed by atoms with Gasteiger partial charge >= 0.3 is 5.97 Å². The van der Waals surface area contributed by atoms with Gasteiger partial charge in [0.15, 0.2) is 6.61 Å². The van der Waals surface area contributed by atoms with E-state index in [1.807, 2.05) is 0 Å². The van der Waals surface area contributed by atoms with Crippen LogP contribution >= 0.6 is 0 Å². The van der Waals surface area contributed by atoms with E-state index in [0.717, 1.165) is 19.3 Å². The Hall–Kier alpha value is -2.13. The molecule has 0 bridgehead atoms. The number of sulfonamides is 1. The van der Waals surface area contributed by atoms with Gasteiger partial charge in [-0.3, -0.25) is 9.59 Å². The van der Waals surface area contributed by atoms with Crippen molar-refractivity contribution in [3.8, 4) is 5.75 Å². The standard InChI is InChI=1S/C19H28N2O6S/c1-14(2)18(19(23)27-13-17(22)21-11-5-4-6-12-21)20-28(24,25)16-9-7-15(26-3)8-10-16/h7-10,14,18,20H,4-6,11-13H2,1-3H3. The van der Waals surface area contributed by atoms with E-state index in [2.05, 4.69) is 4.72 Å². The monoisotopic (exact) mass is 412 g/mol. The number of hydrogen-bond donors (Lipinski definition) is 1. The van der Waals surface area contributed by atoms with Crippen molar-refractivity contribution in [1.82, 2.24) is 9.62 Å². The summed E-state index contributed by atoms with van der Waals surface area (Å²) in [5.74, 6) is -0.855. The van der Waals surface area contributed by atoms with Crippen molar-refractivity contribution in [2.45, 2.75) is 44.0 Å². The van der Waals surface area contributed by atoms with Gasteiger partial charge in [-0.2, -0.15) is 4.72 Å². The minimum Gasteiger partial charge on any atom is -0.497 e. The van der Waals surface area contributed by atoms with Crippen molar-refractivity contribution in [2.75, 3.05) is 26.8 Å². The summed E-state index contributed by atoms with van der Waals surface area (Å²) < 4.78 is 37.7. The summed E-state index contributed by atoms with van der Waals surface area (Å²) in [5, 5.41) is 0. The fraction of sp³-hybridized carbons (Fsp3) is 0.579. The molecule has 1 aliphatic heterocycles. The molecule has 0 spiro atoms. The molecule has 1 unspecified atom stereocenters. The predicted molar refractivity (Wildman–Crippen MR) is 103 cm³/mol. The van der Waals surface area contributed by atoms with Gasteiger partial charge in [0, 0.05) is 13.1 Å². The van der Waals surface area contributed by atoms with E-state index in [9.17, 15) is 18.0 Å². The van der Waals surface area contributed by atoms with Crippen LogP contribution < -0.4 is 9.46 Å². The molecule has 1 aromatic rings. The van der Waals surface area contributed by atoms with E-state index >= 15 is 0 Å². The second kappa shape index (κ2) is 9.88. The zero-order valence-corrected chi connectivity index (χ0v) is 17.3. The molecule has 2 rings (SSSR count). The zero-order chi connectivity index (χ0) is 20.7. The fourth-order valence-corrected chi connectivity index (χ4v) is 4.24.